The van der Waals surface area contributed by atoms with Gasteiger partial charge >= 0.3 is 17.9 Å². The third-order valence-corrected chi connectivity index (χ3v) is 13.3. The van der Waals surface area contributed by atoms with E-state index in [0.29, 0.717) is 19.3 Å². The smallest absolute Gasteiger partial charge is 0.306 e. The lowest BCUT2D eigenvalue weighted by Crippen LogP contribution is -2.30. The van der Waals surface area contributed by atoms with Crippen LogP contribution < -0.4 is 0 Å². The highest BCUT2D eigenvalue weighted by molar-refractivity contribution is 5.71. The van der Waals surface area contributed by atoms with Crippen molar-refractivity contribution in [3.63, 3.8) is 0 Å². The van der Waals surface area contributed by atoms with Crippen molar-refractivity contribution in [2.75, 3.05) is 13.2 Å². The summed E-state index contributed by atoms with van der Waals surface area (Å²) in [7, 11) is 0. The maximum Gasteiger partial charge on any atom is 0.306 e. The van der Waals surface area contributed by atoms with Gasteiger partial charge in [0, 0.05) is 19.3 Å². The molecule has 0 aromatic heterocycles. The van der Waals surface area contributed by atoms with Crippen LogP contribution in [0.25, 0.3) is 0 Å². The standard InChI is InChI=1S/C68H116O6/c1-4-7-10-13-16-19-21-23-25-27-29-31-33-34-36-37-39-41-43-45-47-49-52-55-58-61-67(70)73-64-65(63-72-66(69)60-57-54-51-18-15-12-9-6-3)74-68(71)62-59-56-53-50-48-46-44-42-40-38-35-32-30-28-26-24-22-20-17-14-11-8-5-2/h7-8,10-11,16-17,19-20,23-26,29-32,65H,4-6,9,12-15,18,21-22,27-28,33-64H2,1-3H3/b10-7-,11-8-,19-16-,20-17-,25-23-,26-24-,31-29-,32-30-. The Bertz CT molecular complexity index is 1460. The molecule has 0 aromatic rings. The Morgan fingerprint density at radius 3 is 0.824 bits per heavy atom. The molecule has 0 aliphatic rings. The molecular formula is C68H116O6. The van der Waals surface area contributed by atoms with Gasteiger partial charge in [0.25, 0.3) is 0 Å². The van der Waals surface area contributed by atoms with Gasteiger partial charge in [-0.1, -0.05) is 279 Å². The van der Waals surface area contributed by atoms with E-state index in [1.54, 1.807) is 0 Å². The molecule has 0 amide bonds. The molecule has 0 spiro atoms. The lowest BCUT2D eigenvalue weighted by Gasteiger charge is -2.18. The van der Waals surface area contributed by atoms with E-state index in [1.807, 2.05) is 0 Å². The van der Waals surface area contributed by atoms with Crippen LogP contribution in [0.5, 0.6) is 0 Å². The molecule has 1 atom stereocenters. The van der Waals surface area contributed by atoms with Crippen LogP contribution in [-0.2, 0) is 28.6 Å². The van der Waals surface area contributed by atoms with Crippen molar-refractivity contribution >= 4 is 17.9 Å². The molecule has 0 aliphatic heterocycles. The van der Waals surface area contributed by atoms with Gasteiger partial charge in [0.15, 0.2) is 6.10 Å². The highest BCUT2D eigenvalue weighted by Crippen LogP contribution is 2.16. The van der Waals surface area contributed by atoms with Crippen molar-refractivity contribution < 1.29 is 28.6 Å². The highest BCUT2D eigenvalue weighted by atomic mass is 16.6. The minimum atomic E-state index is -0.779. The van der Waals surface area contributed by atoms with Crippen LogP contribution >= 0.6 is 0 Å². The topological polar surface area (TPSA) is 78.9 Å². The number of ether oxygens (including phenoxy) is 3. The van der Waals surface area contributed by atoms with E-state index in [4.69, 9.17) is 14.2 Å². The third-order valence-electron chi connectivity index (χ3n) is 13.3. The summed E-state index contributed by atoms with van der Waals surface area (Å²) in [6.45, 7) is 6.40. The zero-order valence-electron chi connectivity index (χ0n) is 48.6. The van der Waals surface area contributed by atoms with Crippen molar-refractivity contribution in [2.24, 2.45) is 0 Å². The fraction of sp³-hybridized carbons (Fsp3) is 0.721. The largest absolute Gasteiger partial charge is 0.462 e. The summed E-state index contributed by atoms with van der Waals surface area (Å²) in [5, 5.41) is 0. The Kier molecular flexibility index (Phi) is 58.8. The summed E-state index contributed by atoms with van der Waals surface area (Å²) in [5.41, 5.74) is 0. The summed E-state index contributed by atoms with van der Waals surface area (Å²) in [6, 6.07) is 0. The van der Waals surface area contributed by atoms with Crippen molar-refractivity contribution in [3.05, 3.63) is 97.2 Å². The van der Waals surface area contributed by atoms with Gasteiger partial charge in [0.1, 0.15) is 13.2 Å². The van der Waals surface area contributed by atoms with Crippen LogP contribution in [-0.4, -0.2) is 37.2 Å². The summed E-state index contributed by atoms with van der Waals surface area (Å²) in [5.74, 6) is -0.880. The monoisotopic (exact) mass is 1030 g/mol. The average molecular weight is 1030 g/mol. The first-order valence-electron chi connectivity index (χ1n) is 31.2. The molecule has 6 heteroatoms. The minimum absolute atomic E-state index is 0.0774. The van der Waals surface area contributed by atoms with Crippen LogP contribution in [0, 0.1) is 0 Å². The molecule has 0 fully saturated rings. The maximum atomic E-state index is 12.9. The lowest BCUT2D eigenvalue weighted by molar-refractivity contribution is -0.167. The number of rotatable bonds is 56. The van der Waals surface area contributed by atoms with Gasteiger partial charge in [-0.2, -0.15) is 0 Å². The van der Waals surface area contributed by atoms with Gasteiger partial charge in [0.05, 0.1) is 0 Å². The molecule has 1 unspecified atom stereocenters. The Balaban J connectivity index is 4.19. The average Bonchev–Trinajstić information content (AvgIpc) is 3.40. The fourth-order valence-corrected chi connectivity index (χ4v) is 8.72. The van der Waals surface area contributed by atoms with E-state index in [-0.39, 0.29) is 31.1 Å². The van der Waals surface area contributed by atoms with Crippen LogP contribution in [0.3, 0.4) is 0 Å². The molecule has 0 N–H and O–H groups in total. The number of hydrogen-bond acceptors (Lipinski definition) is 6. The molecule has 0 radical (unpaired) electrons. The van der Waals surface area contributed by atoms with Gasteiger partial charge in [-0.15, -0.1) is 0 Å². The molecule has 0 saturated carbocycles. The van der Waals surface area contributed by atoms with E-state index in [0.717, 1.165) is 109 Å². The predicted octanol–water partition coefficient (Wildman–Crippen LogP) is 21.3. The molecule has 0 aromatic carbocycles. The molecule has 0 heterocycles. The number of hydrogen-bond donors (Lipinski definition) is 0. The van der Waals surface area contributed by atoms with E-state index < -0.39 is 6.10 Å². The van der Waals surface area contributed by atoms with E-state index >= 15 is 0 Å². The van der Waals surface area contributed by atoms with Gasteiger partial charge in [0.2, 0.25) is 0 Å². The van der Waals surface area contributed by atoms with Crippen LogP contribution in [0.15, 0.2) is 97.2 Å². The van der Waals surface area contributed by atoms with E-state index in [2.05, 4.69) is 118 Å². The Labute approximate surface area is 457 Å². The van der Waals surface area contributed by atoms with Crippen LogP contribution in [0.1, 0.15) is 297 Å². The molecule has 0 rings (SSSR count). The second kappa shape index (κ2) is 61.9. The molecule has 6 nitrogen and oxygen atoms in total. The van der Waals surface area contributed by atoms with E-state index in [9.17, 15) is 14.4 Å². The predicted molar refractivity (Wildman–Crippen MR) is 320 cm³/mol. The second-order valence-corrected chi connectivity index (χ2v) is 20.6. The van der Waals surface area contributed by atoms with Crippen LogP contribution in [0.4, 0.5) is 0 Å². The molecule has 0 aliphatic carbocycles. The Morgan fingerprint density at radius 2 is 0.527 bits per heavy atom. The molecule has 0 bridgehead atoms. The van der Waals surface area contributed by atoms with Crippen molar-refractivity contribution in [2.45, 2.75) is 303 Å². The van der Waals surface area contributed by atoms with Gasteiger partial charge < -0.3 is 14.2 Å². The second-order valence-electron chi connectivity index (χ2n) is 20.6. The Hall–Kier alpha value is -3.67. The van der Waals surface area contributed by atoms with Crippen molar-refractivity contribution in [1.82, 2.24) is 0 Å². The van der Waals surface area contributed by atoms with Crippen molar-refractivity contribution in [1.29, 1.82) is 0 Å². The Morgan fingerprint density at radius 1 is 0.284 bits per heavy atom. The SMILES string of the molecule is CC/C=C\C/C=C\C/C=C\C/C=C\CCCCCCCCCCCCCCC(=O)OCC(COC(=O)CCCCCCCCCC)OC(=O)CCCCCCCCCCCC/C=C\C/C=C\C/C=C\C/C=C\CC. The summed E-state index contributed by atoms with van der Waals surface area (Å²) >= 11 is 0. The molecule has 424 valence electrons. The third kappa shape index (κ3) is 59.2. The minimum Gasteiger partial charge on any atom is -0.462 e. The molecular weight excluding hydrogens is 913 g/mol. The van der Waals surface area contributed by atoms with Crippen LogP contribution in [0.2, 0.25) is 0 Å². The number of unbranched alkanes of at least 4 members (excludes halogenated alkanes) is 29. The summed E-state index contributed by atoms with van der Waals surface area (Å²) in [4.78, 5) is 38.1. The first kappa shape index (κ1) is 70.3. The highest BCUT2D eigenvalue weighted by Gasteiger charge is 2.19. The maximum absolute atomic E-state index is 12.9. The van der Waals surface area contributed by atoms with E-state index in [1.165, 1.54) is 148 Å². The van der Waals surface area contributed by atoms with Crippen molar-refractivity contribution in [3.8, 4) is 0 Å². The normalized spacial score (nSPS) is 12.7. The molecule has 0 saturated heterocycles. The molecule has 74 heavy (non-hydrogen) atoms. The fourth-order valence-electron chi connectivity index (χ4n) is 8.72. The summed E-state index contributed by atoms with van der Waals surface area (Å²) < 4.78 is 16.9. The summed E-state index contributed by atoms with van der Waals surface area (Å²) in [6.07, 6.45) is 82.8. The van der Waals surface area contributed by atoms with Gasteiger partial charge in [-0.3, -0.25) is 14.4 Å². The van der Waals surface area contributed by atoms with Gasteiger partial charge in [-0.25, -0.2) is 0 Å². The first-order valence-corrected chi connectivity index (χ1v) is 31.2. The number of carbonyl (C=O) groups excluding carboxylic acids is 3. The zero-order chi connectivity index (χ0) is 53.6. The number of allylic oxidation sites excluding steroid dienone is 16. The zero-order valence-corrected chi connectivity index (χ0v) is 48.6. The number of esters is 3. The number of carbonyl (C=O) groups is 3. The lowest BCUT2D eigenvalue weighted by atomic mass is 10.0. The van der Waals surface area contributed by atoms with Gasteiger partial charge in [-0.05, 0) is 96.3 Å². The first-order chi connectivity index (χ1) is 36.5. The quantitative estimate of drug-likeness (QED) is 0.0261.